The summed E-state index contributed by atoms with van der Waals surface area (Å²) in [4.78, 5) is 27.3. The van der Waals surface area contributed by atoms with Gasteiger partial charge in [-0.2, -0.15) is 0 Å². The van der Waals surface area contributed by atoms with Crippen LogP contribution in [0.5, 0.6) is 0 Å². The molecule has 1 amide bonds. The lowest BCUT2D eigenvalue weighted by molar-refractivity contribution is -0.136. The lowest BCUT2D eigenvalue weighted by Gasteiger charge is -2.59. The molecular formula is C25H23FN2O4S. The van der Waals surface area contributed by atoms with Crippen molar-refractivity contribution in [2.45, 2.75) is 18.2 Å². The molecule has 3 aromatic rings. The minimum Gasteiger partial charge on any atom is -0.481 e. The highest BCUT2D eigenvalue weighted by Gasteiger charge is 2.55. The molecule has 0 saturated carbocycles. The minimum atomic E-state index is -1.21. The molecule has 0 aliphatic carbocycles. The summed E-state index contributed by atoms with van der Waals surface area (Å²) >= 11 is 0. The van der Waals surface area contributed by atoms with Crippen LogP contribution >= 0.6 is 0 Å². The first-order chi connectivity index (χ1) is 15.8. The number of amides is 1. The molecule has 1 N–H and O–H groups in total. The van der Waals surface area contributed by atoms with Crippen molar-refractivity contribution in [3.63, 3.8) is 0 Å². The van der Waals surface area contributed by atoms with Crippen molar-refractivity contribution in [2.75, 3.05) is 26.2 Å². The van der Waals surface area contributed by atoms with Crippen LogP contribution in [-0.4, -0.2) is 56.6 Å². The minimum absolute atomic E-state index is 0.0757. The maximum absolute atomic E-state index is 14.0. The van der Waals surface area contributed by atoms with Crippen molar-refractivity contribution in [2.24, 2.45) is 5.41 Å². The Kier molecular flexibility index (Phi) is 5.29. The van der Waals surface area contributed by atoms with Crippen molar-refractivity contribution >= 4 is 33.6 Å². The first kappa shape index (κ1) is 21.7. The fourth-order valence-corrected chi connectivity index (χ4v) is 6.39. The van der Waals surface area contributed by atoms with Gasteiger partial charge >= 0.3 is 5.97 Å². The standard InChI is InChI=1S/C25H23FN2O4S/c1-16-18(10-22(29)30)9-17-7-8-19(26)11-21(17)23(16)24(31)27-12-25(13-27)14-28(15-25)33(32)20-5-3-2-4-6-20/h2-9,11H,10,12-15H2,1H3,(H,29,30). The predicted octanol–water partition coefficient (Wildman–Crippen LogP) is 3.40. The Morgan fingerprint density at radius 1 is 1.06 bits per heavy atom. The van der Waals surface area contributed by atoms with Gasteiger partial charge in [0.05, 0.1) is 16.9 Å². The van der Waals surface area contributed by atoms with Crippen LogP contribution in [0.2, 0.25) is 0 Å². The molecular weight excluding hydrogens is 443 g/mol. The zero-order valence-electron chi connectivity index (χ0n) is 18.1. The van der Waals surface area contributed by atoms with E-state index in [0.29, 0.717) is 53.6 Å². The second kappa shape index (κ2) is 8.04. The Hall–Kier alpha value is -3.10. The van der Waals surface area contributed by atoms with Crippen LogP contribution in [0.1, 0.15) is 21.5 Å². The first-order valence-electron chi connectivity index (χ1n) is 10.7. The van der Waals surface area contributed by atoms with Crippen molar-refractivity contribution in [3.8, 4) is 0 Å². The molecule has 2 aliphatic rings. The molecule has 2 aliphatic heterocycles. The SMILES string of the molecule is Cc1c(CC(=O)O)cc2ccc(F)cc2c1C(=O)N1CC2(C1)CN(S(=O)c1ccccc1)C2. The monoisotopic (exact) mass is 466 g/mol. The molecule has 0 bridgehead atoms. The molecule has 33 heavy (non-hydrogen) atoms. The molecule has 2 saturated heterocycles. The number of carbonyl (C=O) groups excluding carboxylic acids is 1. The zero-order chi connectivity index (χ0) is 23.3. The lowest BCUT2D eigenvalue weighted by Crippen LogP contribution is -2.72. The van der Waals surface area contributed by atoms with Crippen LogP contribution in [0.4, 0.5) is 4.39 Å². The van der Waals surface area contributed by atoms with Gasteiger partial charge in [-0.05, 0) is 53.1 Å². The van der Waals surface area contributed by atoms with Gasteiger partial charge in [0.15, 0.2) is 0 Å². The smallest absolute Gasteiger partial charge is 0.307 e. The summed E-state index contributed by atoms with van der Waals surface area (Å²) in [5.41, 5.74) is 1.41. The summed E-state index contributed by atoms with van der Waals surface area (Å²) in [6.07, 6.45) is -0.205. The molecule has 1 spiro atoms. The van der Waals surface area contributed by atoms with E-state index in [1.165, 1.54) is 12.1 Å². The molecule has 0 aromatic heterocycles. The molecule has 1 unspecified atom stereocenters. The third-order valence-electron chi connectivity index (χ3n) is 6.57. The van der Waals surface area contributed by atoms with Crippen LogP contribution in [0.15, 0.2) is 59.5 Å². The van der Waals surface area contributed by atoms with Gasteiger partial charge < -0.3 is 10.0 Å². The molecule has 2 heterocycles. The molecule has 2 fully saturated rings. The van der Waals surface area contributed by atoms with Crippen LogP contribution in [0, 0.1) is 18.2 Å². The van der Waals surface area contributed by atoms with Crippen molar-refractivity contribution in [1.29, 1.82) is 0 Å². The Labute approximate surface area is 193 Å². The van der Waals surface area contributed by atoms with Gasteiger partial charge in [-0.25, -0.2) is 12.9 Å². The lowest BCUT2D eigenvalue weighted by atomic mass is 9.74. The van der Waals surface area contributed by atoms with E-state index in [-0.39, 0.29) is 17.7 Å². The highest BCUT2D eigenvalue weighted by atomic mass is 32.2. The van der Waals surface area contributed by atoms with Gasteiger partial charge in [0.1, 0.15) is 16.8 Å². The van der Waals surface area contributed by atoms with Gasteiger partial charge in [-0.1, -0.05) is 30.3 Å². The molecule has 0 radical (unpaired) electrons. The number of benzene rings is 3. The van der Waals surface area contributed by atoms with Crippen molar-refractivity contribution in [1.82, 2.24) is 9.21 Å². The van der Waals surface area contributed by atoms with E-state index in [1.807, 2.05) is 34.6 Å². The summed E-state index contributed by atoms with van der Waals surface area (Å²) in [6.45, 7) is 4.08. The van der Waals surface area contributed by atoms with Gasteiger partial charge in [-0.3, -0.25) is 9.59 Å². The van der Waals surface area contributed by atoms with Gasteiger partial charge in [0.25, 0.3) is 5.91 Å². The molecule has 8 heteroatoms. The fourth-order valence-electron chi connectivity index (χ4n) is 4.92. The second-order valence-corrected chi connectivity index (χ2v) is 10.5. The van der Waals surface area contributed by atoms with Crippen molar-refractivity contribution in [3.05, 3.63) is 77.1 Å². The summed E-state index contributed by atoms with van der Waals surface area (Å²) in [6, 6.07) is 15.2. The van der Waals surface area contributed by atoms with E-state index in [0.717, 1.165) is 4.90 Å². The molecule has 170 valence electrons. The van der Waals surface area contributed by atoms with Crippen LogP contribution in [-0.2, 0) is 22.2 Å². The molecule has 5 rings (SSSR count). The largest absolute Gasteiger partial charge is 0.481 e. The molecule has 6 nitrogen and oxygen atoms in total. The molecule has 1 atom stereocenters. The average Bonchev–Trinajstić information content (AvgIpc) is 2.72. The Morgan fingerprint density at radius 3 is 2.42 bits per heavy atom. The van der Waals surface area contributed by atoms with Gasteiger partial charge in [-0.15, -0.1) is 0 Å². The van der Waals surface area contributed by atoms with E-state index in [9.17, 15) is 23.3 Å². The van der Waals surface area contributed by atoms with E-state index in [1.54, 1.807) is 24.0 Å². The number of fused-ring (bicyclic) bond motifs is 1. The molecule has 3 aromatic carbocycles. The summed E-state index contributed by atoms with van der Waals surface area (Å²) < 4.78 is 28.6. The van der Waals surface area contributed by atoms with Gasteiger partial charge in [0, 0.05) is 31.6 Å². The number of carbonyl (C=O) groups is 2. The summed E-state index contributed by atoms with van der Waals surface area (Å²) in [5.74, 6) is -1.65. The Balaban J connectivity index is 1.35. The third kappa shape index (κ3) is 3.83. The zero-order valence-corrected chi connectivity index (χ0v) is 18.9. The normalized spacial score (nSPS) is 18.1. The Morgan fingerprint density at radius 2 is 1.76 bits per heavy atom. The van der Waals surface area contributed by atoms with Crippen LogP contribution < -0.4 is 0 Å². The highest BCUT2D eigenvalue weighted by Crippen LogP contribution is 2.42. The van der Waals surface area contributed by atoms with E-state index in [2.05, 4.69) is 0 Å². The average molecular weight is 467 g/mol. The number of nitrogens with zero attached hydrogens (tertiary/aromatic N) is 2. The highest BCUT2D eigenvalue weighted by molar-refractivity contribution is 7.82. The number of rotatable bonds is 5. The van der Waals surface area contributed by atoms with Crippen molar-refractivity contribution < 1.29 is 23.3 Å². The van der Waals surface area contributed by atoms with Crippen LogP contribution in [0.25, 0.3) is 10.8 Å². The number of carboxylic acid groups (broad SMARTS) is 1. The topological polar surface area (TPSA) is 77.9 Å². The number of hydrogen-bond donors (Lipinski definition) is 1. The summed E-state index contributed by atoms with van der Waals surface area (Å²) in [7, 11) is -1.21. The Bertz CT molecular complexity index is 1300. The number of hydrogen-bond acceptors (Lipinski definition) is 3. The van der Waals surface area contributed by atoms with Crippen LogP contribution in [0.3, 0.4) is 0 Å². The quantitative estimate of drug-likeness (QED) is 0.625. The maximum Gasteiger partial charge on any atom is 0.307 e. The predicted molar refractivity (Wildman–Crippen MR) is 123 cm³/mol. The number of aliphatic carboxylic acids is 1. The number of carboxylic acids is 1. The fraction of sp³-hybridized carbons (Fsp3) is 0.280. The summed E-state index contributed by atoms with van der Waals surface area (Å²) in [5, 5.41) is 10.4. The third-order valence-corrected chi connectivity index (χ3v) is 7.97. The first-order valence-corrected chi connectivity index (χ1v) is 11.8. The number of likely N-dealkylation sites (tertiary alicyclic amines) is 1. The maximum atomic E-state index is 14.0. The van der Waals surface area contributed by atoms with E-state index >= 15 is 0 Å². The van der Waals surface area contributed by atoms with Gasteiger partial charge in [0.2, 0.25) is 0 Å². The van der Waals surface area contributed by atoms with E-state index < -0.39 is 22.8 Å². The van der Waals surface area contributed by atoms with E-state index in [4.69, 9.17) is 0 Å². The number of halogens is 1. The second-order valence-electron chi connectivity index (χ2n) is 8.99.